The summed E-state index contributed by atoms with van der Waals surface area (Å²) in [6, 6.07) is 64.5. The third kappa shape index (κ3) is 5.84. The quantitative estimate of drug-likeness (QED) is 0.147. The zero-order chi connectivity index (χ0) is 37.3. The second-order valence-corrected chi connectivity index (χ2v) is 14.3. The smallest absolute Gasteiger partial charge is 0.309 e. The number of furan rings is 1. The van der Waals surface area contributed by atoms with Crippen LogP contribution in [0.25, 0.3) is 61.4 Å². The molecule has 0 radical (unpaired) electrons. The van der Waals surface area contributed by atoms with Crippen molar-refractivity contribution in [3.8, 4) is 33.9 Å². The summed E-state index contributed by atoms with van der Waals surface area (Å²) in [7, 11) is 0. The molecule has 1 aliphatic carbocycles. The standard InChI is InChI=1S/C52H37N3O/c1-6-17-37(18-7-1)49-53-50(38-19-8-2-9-20-38)55-51(54-49)44-27-16-28-47-48(44)45-35-39(31-34-46(45)56-47)36-29-32-43(33-30-36)52(40-21-10-3-11-22-40,41-23-12-4-13-24-41)42-25-14-5-15-26-42/h1,3-8,10-35H,2,9H2/p+1. The fourth-order valence-corrected chi connectivity index (χ4v) is 8.35. The van der Waals surface area contributed by atoms with E-state index < -0.39 is 5.41 Å². The second kappa shape index (κ2) is 14.2. The second-order valence-electron chi connectivity index (χ2n) is 14.3. The largest absolute Gasteiger partial charge is 0.456 e. The van der Waals surface area contributed by atoms with Crippen LogP contribution in [0.3, 0.4) is 0 Å². The van der Waals surface area contributed by atoms with Gasteiger partial charge in [0.1, 0.15) is 11.2 Å². The van der Waals surface area contributed by atoms with E-state index in [-0.39, 0.29) is 0 Å². The van der Waals surface area contributed by atoms with E-state index in [1.807, 2.05) is 30.3 Å². The van der Waals surface area contributed by atoms with E-state index in [9.17, 15) is 0 Å². The summed E-state index contributed by atoms with van der Waals surface area (Å²) >= 11 is 0. The van der Waals surface area contributed by atoms with Gasteiger partial charge >= 0.3 is 5.82 Å². The summed E-state index contributed by atoms with van der Waals surface area (Å²) in [5.41, 5.74) is 11.2. The summed E-state index contributed by atoms with van der Waals surface area (Å²) in [4.78, 5) is 13.8. The van der Waals surface area contributed by atoms with Gasteiger partial charge in [0.2, 0.25) is 0 Å². The van der Waals surface area contributed by atoms with E-state index in [1.54, 1.807) is 0 Å². The number of aromatic amines is 1. The Morgan fingerprint density at radius 1 is 0.482 bits per heavy atom. The minimum Gasteiger partial charge on any atom is -0.456 e. The van der Waals surface area contributed by atoms with Crippen LogP contribution in [-0.2, 0) is 5.41 Å². The molecule has 9 aromatic rings. The van der Waals surface area contributed by atoms with Crippen molar-refractivity contribution in [1.82, 2.24) is 9.97 Å². The maximum atomic E-state index is 6.49. The molecule has 2 heterocycles. The van der Waals surface area contributed by atoms with Crippen molar-refractivity contribution in [3.63, 3.8) is 0 Å². The molecule has 4 nitrogen and oxygen atoms in total. The Kier molecular flexibility index (Phi) is 8.49. The number of aromatic nitrogens is 3. The van der Waals surface area contributed by atoms with Crippen LogP contribution in [0.5, 0.6) is 0 Å². The molecule has 1 N–H and O–H groups in total. The van der Waals surface area contributed by atoms with Crippen molar-refractivity contribution in [2.75, 3.05) is 0 Å². The van der Waals surface area contributed by atoms with Gasteiger partial charge in [-0.05, 0) is 82.6 Å². The van der Waals surface area contributed by atoms with Gasteiger partial charge in [0.05, 0.1) is 16.5 Å². The van der Waals surface area contributed by atoms with Gasteiger partial charge in [-0.15, -0.1) is 0 Å². The Bertz CT molecular complexity index is 2780. The molecule has 0 aliphatic heterocycles. The van der Waals surface area contributed by atoms with E-state index in [4.69, 9.17) is 14.4 Å². The van der Waals surface area contributed by atoms with Gasteiger partial charge in [0.25, 0.3) is 11.6 Å². The number of benzene rings is 7. The van der Waals surface area contributed by atoms with Crippen LogP contribution in [0, 0.1) is 0 Å². The summed E-state index contributed by atoms with van der Waals surface area (Å²) < 4.78 is 6.49. The molecule has 0 unspecified atom stereocenters. The highest BCUT2D eigenvalue weighted by Gasteiger charge is 2.38. The van der Waals surface area contributed by atoms with E-state index >= 15 is 0 Å². The molecule has 0 saturated carbocycles. The Labute approximate surface area is 326 Å². The van der Waals surface area contributed by atoms with Crippen LogP contribution in [0.15, 0.2) is 205 Å². The van der Waals surface area contributed by atoms with Crippen LogP contribution in [0.1, 0.15) is 40.9 Å². The van der Waals surface area contributed by atoms with Gasteiger partial charge in [0, 0.05) is 16.3 Å². The summed E-state index contributed by atoms with van der Waals surface area (Å²) in [6.07, 6.45) is 8.61. The van der Waals surface area contributed by atoms with Crippen molar-refractivity contribution >= 4 is 27.5 Å². The zero-order valence-corrected chi connectivity index (χ0v) is 30.8. The molecule has 0 atom stereocenters. The van der Waals surface area contributed by atoms with Gasteiger partial charge in [-0.1, -0.05) is 174 Å². The molecular formula is C52H38N3O+. The third-order valence-corrected chi connectivity index (χ3v) is 11.0. The molecule has 266 valence electrons. The number of nitrogens with zero attached hydrogens (tertiary/aromatic N) is 2. The van der Waals surface area contributed by atoms with Crippen LogP contribution >= 0.6 is 0 Å². The van der Waals surface area contributed by atoms with E-state index in [0.717, 1.165) is 74.3 Å². The van der Waals surface area contributed by atoms with Crippen LogP contribution in [-0.4, -0.2) is 9.97 Å². The maximum Gasteiger partial charge on any atom is 0.309 e. The first-order valence-corrected chi connectivity index (χ1v) is 19.2. The normalized spacial score (nSPS) is 12.9. The highest BCUT2D eigenvalue weighted by Crippen LogP contribution is 2.46. The minimum absolute atomic E-state index is 0.504. The molecule has 4 heteroatoms. The lowest BCUT2D eigenvalue weighted by Crippen LogP contribution is -2.30. The first-order chi connectivity index (χ1) is 27.8. The predicted octanol–water partition coefficient (Wildman–Crippen LogP) is 12.3. The van der Waals surface area contributed by atoms with Crippen molar-refractivity contribution in [3.05, 3.63) is 228 Å². The fourth-order valence-electron chi connectivity index (χ4n) is 8.35. The SMILES string of the molecule is C1=CC(c2nc(-c3cccc4oc5ccc(-c6ccc(C(c7ccccc7)(c7ccccc7)c7ccccc7)cc6)cc5c34)nc(-c3ccccc3)[nH+]2)=CCC1. The molecular weight excluding hydrogens is 683 g/mol. The first kappa shape index (κ1) is 33.4. The fraction of sp³-hybridized carbons (Fsp3) is 0.0577. The average molecular weight is 721 g/mol. The number of allylic oxidation sites excluding steroid dienone is 4. The van der Waals surface area contributed by atoms with Gasteiger partial charge < -0.3 is 4.42 Å². The summed E-state index contributed by atoms with van der Waals surface area (Å²) in [5.74, 6) is 2.22. The van der Waals surface area contributed by atoms with Crippen LogP contribution in [0.4, 0.5) is 0 Å². The number of hydrogen-bond donors (Lipinski definition) is 0. The molecule has 0 fully saturated rings. The highest BCUT2D eigenvalue weighted by atomic mass is 16.3. The van der Waals surface area contributed by atoms with E-state index in [1.165, 1.54) is 22.3 Å². The molecule has 56 heavy (non-hydrogen) atoms. The van der Waals surface area contributed by atoms with Crippen LogP contribution < -0.4 is 4.98 Å². The number of fused-ring (bicyclic) bond motifs is 3. The minimum atomic E-state index is -0.504. The average Bonchev–Trinajstić information content (AvgIpc) is 3.67. The molecule has 0 spiro atoms. The monoisotopic (exact) mass is 720 g/mol. The van der Waals surface area contributed by atoms with Gasteiger partial charge in [-0.3, -0.25) is 0 Å². The van der Waals surface area contributed by atoms with E-state index in [0.29, 0.717) is 5.82 Å². The summed E-state index contributed by atoms with van der Waals surface area (Å²) in [6.45, 7) is 0. The van der Waals surface area contributed by atoms with Crippen molar-refractivity contribution < 1.29 is 9.40 Å². The molecule has 0 bridgehead atoms. The molecule has 0 saturated heterocycles. The predicted molar refractivity (Wildman–Crippen MR) is 227 cm³/mol. The van der Waals surface area contributed by atoms with E-state index in [2.05, 4.69) is 175 Å². The van der Waals surface area contributed by atoms with Gasteiger partial charge in [-0.2, -0.15) is 0 Å². The third-order valence-electron chi connectivity index (χ3n) is 11.0. The maximum absolute atomic E-state index is 6.49. The van der Waals surface area contributed by atoms with Crippen molar-refractivity contribution in [2.45, 2.75) is 18.3 Å². The lowest BCUT2D eigenvalue weighted by Gasteiger charge is -2.37. The van der Waals surface area contributed by atoms with Crippen molar-refractivity contribution in [2.24, 2.45) is 0 Å². The topological polar surface area (TPSA) is 53.1 Å². The number of H-pyrrole nitrogens is 1. The lowest BCUT2D eigenvalue weighted by atomic mass is 9.65. The Hall–Kier alpha value is -7.17. The molecule has 10 rings (SSSR count). The van der Waals surface area contributed by atoms with Crippen molar-refractivity contribution in [1.29, 1.82) is 0 Å². The Balaban J connectivity index is 1.11. The summed E-state index contributed by atoms with van der Waals surface area (Å²) in [5, 5.41) is 2.03. The van der Waals surface area contributed by atoms with Gasteiger partial charge in [-0.25, -0.2) is 4.98 Å². The first-order valence-electron chi connectivity index (χ1n) is 19.2. The Morgan fingerprint density at radius 3 is 1.70 bits per heavy atom. The Morgan fingerprint density at radius 2 is 1.07 bits per heavy atom. The number of nitrogens with one attached hydrogen (secondary N) is 1. The molecule has 1 aliphatic rings. The number of rotatable bonds is 8. The molecule has 0 amide bonds. The lowest BCUT2D eigenvalue weighted by molar-refractivity contribution is -0.377. The highest BCUT2D eigenvalue weighted by molar-refractivity contribution is 6.12. The zero-order valence-electron chi connectivity index (χ0n) is 30.8. The van der Waals surface area contributed by atoms with Gasteiger partial charge in [0.15, 0.2) is 0 Å². The number of hydrogen-bond acceptors (Lipinski definition) is 3. The molecule has 7 aromatic carbocycles. The molecule has 2 aromatic heterocycles. The van der Waals surface area contributed by atoms with Crippen LogP contribution in [0.2, 0.25) is 0 Å².